The number of nitrogens with one attached hydrogen (secondary N) is 1. The van der Waals surface area contributed by atoms with E-state index >= 15 is 0 Å². The van der Waals surface area contributed by atoms with Crippen molar-refractivity contribution in [3.63, 3.8) is 0 Å². The highest BCUT2D eigenvalue weighted by atomic mass is 35.5. The standard InChI is InChI=1S/C26H43Cl2NO5/c1-25(2)17(11-12-26(25,3)24(32)33)14-29-22(23(30)31)13-16-7-9-18(10-8-16)34-15-19-20(27)5-4-6-21(19)28/h16-22,29H,4-15H2,1-3H3,(H,30,31)(H,32,33)/t16?,17-,18?,19?,20?,21?,22+,26+/m1/s1. The van der Waals surface area contributed by atoms with Crippen LogP contribution in [-0.2, 0) is 14.3 Å². The number of aliphatic carboxylic acids is 2. The van der Waals surface area contributed by atoms with Gasteiger partial charge in [-0.05, 0) is 88.5 Å². The highest BCUT2D eigenvalue weighted by Crippen LogP contribution is 2.55. The number of carboxylic acid groups (broad SMARTS) is 2. The van der Waals surface area contributed by atoms with Crippen molar-refractivity contribution in [3.05, 3.63) is 0 Å². The lowest BCUT2D eigenvalue weighted by molar-refractivity contribution is -0.154. The fourth-order valence-corrected chi connectivity index (χ4v) is 7.26. The van der Waals surface area contributed by atoms with Crippen LogP contribution in [0.25, 0.3) is 0 Å². The Morgan fingerprint density at radius 3 is 2.15 bits per heavy atom. The Bertz CT molecular complexity index is 701. The van der Waals surface area contributed by atoms with E-state index in [1.54, 1.807) is 0 Å². The monoisotopic (exact) mass is 519 g/mol. The van der Waals surface area contributed by atoms with E-state index in [2.05, 4.69) is 5.32 Å². The molecular weight excluding hydrogens is 477 g/mol. The second-order valence-corrected chi connectivity index (χ2v) is 12.9. The van der Waals surface area contributed by atoms with E-state index in [9.17, 15) is 19.8 Å². The minimum atomic E-state index is -0.825. The number of ether oxygens (including phenoxy) is 1. The molecule has 196 valence electrons. The number of hydrogen-bond donors (Lipinski definition) is 3. The molecule has 0 spiro atoms. The lowest BCUT2D eigenvalue weighted by Gasteiger charge is -2.39. The molecule has 0 aromatic heterocycles. The fourth-order valence-electron chi connectivity index (χ4n) is 6.38. The maximum absolute atomic E-state index is 12.0. The van der Waals surface area contributed by atoms with Crippen molar-refractivity contribution in [3.8, 4) is 0 Å². The van der Waals surface area contributed by atoms with Gasteiger partial charge < -0.3 is 20.3 Å². The largest absolute Gasteiger partial charge is 0.481 e. The minimum Gasteiger partial charge on any atom is -0.481 e. The van der Waals surface area contributed by atoms with Gasteiger partial charge in [0.25, 0.3) is 0 Å². The van der Waals surface area contributed by atoms with Crippen molar-refractivity contribution in [1.29, 1.82) is 0 Å². The van der Waals surface area contributed by atoms with Gasteiger partial charge in [-0.3, -0.25) is 9.59 Å². The predicted molar refractivity (Wildman–Crippen MR) is 135 cm³/mol. The molecule has 3 saturated carbocycles. The van der Waals surface area contributed by atoms with Gasteiger partial charge in [0.1, 0.15) is 6.04 Å². The smallest absolute Gasteiger partial charge is 0.320 e. The van der Waals surface area contributed by atoms with Gasteiger partial charge in [-0.1, -0.05) is 20.3 Å². The fraction of sp³-hybridized carbons (Fsp3) is 0.923. The summed E-state index contributed by atoms with van der Waals surface area (Å²) < 4.78 is 6.19. The zero-order valence-electron chi connectivity index (χ0n) is 20.9. The molecule has 0 amide bonds. The first-order chi connectivity index (χ1) is 16.0. The van der Waals surface area contributed by atoms with E-state index < -0.39 is 28.8 Å². The Labute approximate surface area is 214 Å². The van der Waals surface area contributed by atoms with Crippen LogP contribution in [0.15, 0.2) is 0 Å². The summed E-state index contributed by atoms with van der Waals surface area (Å²) in [6.07, 6.45) is 9.11. The molecule has 0 aromatic rings. The van der Waals surface area contributed by atoms with Crippen molar-refractivity contribution in [2.24, 2.45) is 28.6 Å². The maximum Gasteiger partial charge on any atom is 0.320 e. The summed E-state index contributed by atoms with van der Waals surface area (Å²) in [6.45, 7) is 6.97. The van der Waals surface area contributed by atoms with E-state index in [0.29, 0.717) is 31.9 Å². The van der Waals surface area contributed by atoms with E-state index in [1.807, 2.05) is 20.8 Å². The third kappa shape index (κ3) is 6.22. The molecule has 3 N–H and O–H groups in total. The molecule has 5 atom stereocenters. The van der Waals surface area contributed by atoms with Crippen LogP contribution in [0.1, 0.15) is 85.0 Å². The molecule has 6 nitrogen and oxygen atoms in total. The molecule has 0 bridgehead atoms. The van der Waals surface area contributed by atoms with Gasteiger partial charge in [-0.2, -0.15) is 0 Å². The van der Waals surface area contributed by atoms with Crippen LogP contribution in [0.2, 0.25) is 0 Å². The highest BCUT2D eigenvalue weighted by Gasteiger charge is 2.55. The average Bonchev–Trinajstić information content (AvgIpc) is 3.01. The van der Waals surface area contributed by atoms with E-state index in [1.165, 1.54) is 0 Å². The summed E-state index contributed by atoms with van der Waals surface area (Å²) in [5, 5.41) is 23.0. The van der Waals surface area contributed by atoms with E-state index in [0.717, 1.165) is 51.4 Å². The van der Waals surface area contributed by atoms with Crippen LogP contribution < -0.4 is 5.32 Å². The van der Waals surface area contributed by atoms with Gasteiger partial charge >= 0.3 is 11.9 Å². The molecule has 0 heterocycles. The van der Waals surface area contributed by atoms with Crippen molar-refractivity contribution in [2.45, 2.75) is 108 Å². The van der Waals surface area contributed by atoms with Crippen molar-refractivity contribution < 1.29 is 24.5 Å². The zero-order valence-corrected chi connectivity index (χ0v) is 22.4. The zero-order chi connectivity index (χ0) is 25.1. The third-order valence-corrected chi connectivity index (χ3v) is 10.7. The van der Waals surface area contributed by atoms with Crippen LogP contribution in [0.4, 0.5) is 0 Å². The SMILES string of the molecule is CC1(C)[C@@H](CN[C@@H](CC2CCC(OCC3C(Cl)CCCC3Cl)CC2)C(=O)O)CC[C@@]1(C)C(=O)O. The topological polar surface area (TPSA) is 95.9 Å². The first kappa shape index (κ1) is 28.0. The van der Waals surface area contributed by atoms with Crippen molar-refractivity contribution in [2.75, 3.05) is 13.2 Å². The first-order valence-electron chi connectivity index (χ1n) is 13.0. The molecule has 3 rings (SSSR count). The Kier molecular flexibility index (Phi) is 9.61. The molecule has 3 aliphatic rings. The summed E-state index contributed by atoms with van der Waals surface area (Å²) in [4.78, 5) is 23.8. The number of hydrogen-bond acceptors (Lipinski definition) is 4. The quantitative estimate of drug-likeness (QED) is 0.328. The summed E-state index contributed by atoms with van der Waals surface area (Å²) in [5.41, 5.74) is -1.17. The maximum atomic E-state index is 12.0. The molecule has 3 aliphatic carbocycles. The minimum absolute atomic E-state index is 0.0909. The van der Waals surface area contributed by atoms with Gasteiger partial charge in [0, 0.05) is 16.7 Å². The van der Waals surface area contributed by atoms with Gasteiger partial charge in [-0.15, -0.1) is 23.2 Å². The third-order valence-electron chi connectivity index (χ3n) is 9.59. The van der Waals surface area contributed by atoms with Gasteiger partial charge in [0.2, 0.25) is 0 Å². The van der Waals surface area contributed by atoms with E-state index in [4.69, 9.17) is 27.9 Å². The molecule has 0 aliphatic heterocycles. The number of rotatable bonds is 10. The van der Waals surface area contributed by atoms with E-state index in [-0.39, 0.29) is 28.7 Å². The molecule has 0 aromatic carbocycles. The second-order valence-electron chi connectivity index (χ2n) is 11.7. The lowest BCUT2D eigenvalue weighted by atomic mass is 9.65. The number of carboxylic acids is 2. The molecular formula is C26H43Cl2NO5. The lowest BCUT2D eigenvalue weighted by Crippen LogP contribution is -2.46. The van der Waals surface area contributed by atoms with Gasteiger partial charge in [-0.25, -0.2) is 0 Å². The Morgan fingerprint density at radius 2 is 1.62 bits per heavy atom. The number of halogens is 2. The Balaban J connectivity index is 1.43. The summed E-state index contributed by atoms with van der Waals surface area (Å²) >= 11 is 12.9. The first-order valence-corrected chi connectivity index (χ1v) is 13.9. The molecule has 0 saturated heterocycles. The molecule has 8 heteroatoms. The van der Waals surface area contributed by atoms with Crippen molar-refractivity contribution >= 4 is 35.1 Å². The number of alkyl halides is 2. The van der Waals surface area contributed by atoms with Crippen LogP contribution >= 0.6 is 23.2 Å². The second kappa shape index (κ2) is 11.7. The molecule has 34 heavy (non-hydrogen) atoms. The summed E-state index contributed by atoms with van der Waals surface area (Å²) in [6, 6.07) is -0.605. The van der Waals surface area contributed by atoms with Crippen molar-refractivity contribution in [1.82, 2.24) is 5.32 Å². The molecule has 3 fully saturated rings. The van der Waals surface area contributed by atoms with Crippen LogP contribution in [-0.4, -0.2) is 58.2 Å². The normalized spacial score (nSPS) is 39.0. The summed E-state index contributed by atoms with van der Waals surface area (Å²) in [7, 11) is 0. The van der Waals surface area contributed by atoms with Crippen LogP contribution in [0.3, 0.4) is 0 Å². The van der Waals surface area contributed by atoms with Gasteiger partial charge in [0.15, 0.2) is 0 Å². The average molecular weight is 521 g/mol. The predicted octanol–water partition coefficient (Wildman–Crippen LogP) is 5.54. The molecule has 2 unspecified atom stereocenters. The summed E-state index contributed by atoms with van der Waals surface area (Å²) in [5.74, 6) is -0.895. The number of carbonyl (C=O) groups is 2. The Morgan fingerprint density at radius 1 is 1.00 bits per heavy atom. The van der Waals surface area contributed by atoms with Crippen LogP contribution in [0.5, 0.6) is 0 Å². The van der Waals surface area contributed by atoms with Gasteiger partial charge in [0.05, 0.1) is 18.1 Å². The highest BCUT2D eigenvalue weighted by molar-refractivity contribution is 6.24. The Hall–Kier alpha value is -0.560. The molecule has 0 radical (unpaired) electrons. The van der Waals surface area contributed by atoms with Crippen LogP contribution in [0, 0.1) is 28.6 Å².